The molecule has 2 N–H and O–H groups in total. The quantitative estimate of drug-likeness (QED) is 0.674. The van der Waals surface area contributed by atoms with E-state index in [9.17, 15) is 14.4 Å². The van der Waals surface area contributed by atoms with Crippen LogP contribution in [0.15, 0.2) is 48.5 Å². The molecule has 1 atom stereocenters. The normalized spacial score (nSPS) is 12.0. The summed E-state index contributed by atoms with van der Waals surface area (Å²) < 4.78 is 5.86. The lowest BCUT2D eigenvalue weighted by molar-refractivity contribution is -0.115. The minimum atomic E-state index is -0.514. The van der Waals surface area contributed by atoms with Crippen LogP contribution < -0.4 is 10.6 Å². The number of ether oxygens (including phenoxy) is 1. The van der Waals surface area contributed by atoms with Gasteiger partial charge in [0.05, 0.1) is 5.56 Å². The second-order valence-corrected chi connectivity index (χ2v) is 7.55. The summed E-state index contributed by atoms with van der Waals surface area (Å²) in [5.41, 5.74) is 1.76. The van der Waals surface area contributed by atoms with Gasteiger partial charge in [-0.2, -0.15) is 0 Å². The van der Waals surface area contributed by atoms with Crippen molar-refractivity contribution >= 4 is 29.2 Å². The van der Waals surface area contributed by atoms with Crippen molar-refractivity contribution < 1.29 is 19.1 Å². The van der Waals surface area contributed by atoms with Gasteiger partial charge < -0.3 is 15.4 Å². The lowest BCUT2D eigenvalue weighted by Crippen LogP contribution is -2.37. The van der Waals surface area contributed by atoms with Crippen molar-refractivity contribution in [2.75, 3.05) is 10.6 Å². The van der Waals surface area contributed by atoms with Gasteiger partial charge in [-0.05, 0) is 30.2 Å². The molecule has 0 radical (unpaired) electrons. The maximum Gasteiger partial charge on any atom is 0.338 e. The minimum Gasteiger partial charge on any atom is -0.458 e. The van der Waals surface area contributed by atoms with E-state index in [1.165, 1.54) is 26.0 Å². The van der Waals surface area contributed by atoms with Crippen molar-refractivity contribution in [2.24, 2.45) is 0 Å². The predicted molar refractivity (Wildman–Crippen MR) is 114 cm³/mol. The van der Waals surface area contributed by atoms with E-state index in [0.29, 0.717) is 17.8 Å². The van der Waals surface area contributed by atoms with Crippen LogP contribution in [0.3, 0.4) is 0 Å². The van der Waals surface area contributed by atoms with Crippen LogP contribution in [0.4, 0.5) is 11.4 Å². The van der Waals surface area contributed by atoms with Gasteiger partial charge in [0.2, 0.25) is 11.8 Å². The average molecular weight is 396 g/mol. The number of amides is 2. The van der Waals surface area contributed by atoms with Gasteiger partial charge in [0.15, 0.2) is 0 Å². The molecular formula is C23H28N2O4. The zero-order chi connectivity index (χ0) is 21.6. The third-order valence-corrected chi connectivity index (χ3v) is 4.75. The topological polar surface area (TPSA) is 84.5 Å². The Bertz CT molecular complexity index is 857. The highest BCUT2D eigenvalue weighted by Gasteiger charge is 2.33. The summed E-state index contributed by atoms with van der Waals surface area (Å²) in [7, 11) is 0. The largest absolute Gasteiger partial charge is 0.458 e. The van der Waals surface area contributed by atoms with Crippen LogP contribution in [0.25, 0.3) is 0 Å². The monoisotopic (exact) mass is 396 g/mol. The van der Waals surface area contributed by atoms with Crippen molar-refractivity contribution in [3.8, 4) is 0 Å². The van der Waals surface area contributed by atoms with Gasteiger partial charge in [0, 0.05) is 30.6 Å². The first-order valence-corrected chi connectivity index (χ1v) is 9.60. The number of carbonyl (C=O) groups excluding carboxylic acids is 3. The Kier molecular flexibility index (Phi) is 7.15. The number of rotatable bonds is 7. The van der Waals surface area contributed by atoms with Gasteiger partial charge in [-0.1, -0.05) is 51.1 Å². The smallest absolute Gasteiger partial charge is 0.338 e. The highest BCUT2D eigenvalue weighted by molar-refractivity contribution is 5.97. The van der Waals surface area contributed by atoms with Gasteiger partial charge in [0.1, 0.15) is 6.10 Å². The second kappa shape index (κ2) is 9.37. The van der Waals surface area contributed by atoms with E-state index in [1.54, 1.807) is 6.07 Å². The van der Waals surface area contributed by atoms with E-state index >= 15 is 0 Å². The zero-order valence-corrected chi connectivity index (χ0v) is 17.5. The number of benzene rings is 2. The molecule has 29 heavy (non-hydrogen) atoms. The first kappa shape index (κ1) is 22.1. The number of hydrogen-bond donors (Lipinski definition) is 2. The number of carbonyl (C=O) groups is 3. The van der Waals surface area contributed by atoms with Crippen LogP contribution in [0.2, 0.25) is 0 Å². The Morgan fingerprint density at radius 2 is 1.45 bits per heavy atom. The zero-order valence-electron chi connectivity index (χ0n) is 17.5. The SMILES string of the molecule is CC[C@@H](OC(=O)c1cc(NC(C)=O)cc(NC(C)=O)c1)C(C)(C)c1ccccc1. The van der Waals surface area contributed by atoms with Crippen LogP contribution >= 0.6 is 0 Å². The molecule has 6 heteroatoms. The molecule has 0 saturated heterocycles. The summed E-state index contributed by atoms with van der Waals surface area (Å²) in [5, 5.41) is 5.28. The average Bonchev–Trinajstić information content (AvgIpc) is 2.65. The lowest BCUT2D eigenvalue weighted by Gasteiger charge is -2.34. The minimum absolute atomic E-state index is 0.252. The summed E-state index contributed by atoms with van der Waals surface area (Å²) in [6, 6.07) is 14.6. The van der Waals surface area contributed by atoms with Gasteiger partial charge in [-0.3, -0.25) is 9.59 Å². The maximum atomic E-state index is 12.9. The van der Waals surface area contributed by atoms with Crippen LogP contribution in [-0.4, -0.2) is 23.9 Å². The standard InChI is InChI=1S/C23H28N2O4/c1-6-21(23(4,5)18-10-8-7-9-11-18)29-22(28)17-12-19(24-15(2)26)14-20(13-17)25-16(3)27/h7-14,21H,6H2,1-5H3,(H,24,26)(H,25,27)/t21-/m1/s1. The molecule has 6 nitrogen and oxygen atoms in total. The van der Waals surface area contributed by atoms with E-state index in [4.69, 9.17) is 4.74 Å². The first-order chi connectivity index (χ1) is 13.6. The number of nitrogens with one attached hydrogen (secondary N) is 2. The number of esters is 1. The summed E-state index contributed by atoms with van der Waals surface area (Å²) in [6.45, 7) is 8.80. The van der Waals surface area contributed by atoms with Crippen molar-refractivity contribution in [3.63, 3.8) is 0 Å². The Labute approximate surface area is 171 Å². The van der Waals surface area contributed by atoms with E-state index in [2.05, 4.69) is 10.6 Å². The molecule has 0 aliphatic rings. The molecule has 2 aromatic carbocycles. The maximum absolute atomic E-state index is 12.9. The van der Waals surface area contributed by atoms with Crippen molar-refractivity contribution in [2.45, 2.75) is 52.6 Å². The Hall–Kier alpha value is -3.15. The predicted octanol–water partition coefficient (Wildman–Crippen LogP) is 4.52. The molecule has 0 unspecified atom stereocenters. The Morgan fingerprint density at radius 3 is 1.90 bits per heavy atom. The lowest BCUT2D eigenvalue weighted by atomic mass is 9.78. The first-order valence-electron chi connectivity index (χ1n) is 9.60. The summed E-state index contributed by atoms with van der Waals surface area (Å²) >= 11 is 0. The molecule has 0 bridgehead atoms. The van der Waals surface area contributed by atoms with Crippen LogP contribution in [0, 0.1) is 0 Å². The molecule has 0 aromatic heterocycles. The van der Waals surface area contributed by atoms with E-state index in [1.807, 2.05) is 51.1 Å². The van der Waals surface area contributed by atoms with E-state index < -0.39 is 5.97 Å². The fourth-order valence-electron chi connectivity index (χ4n) is 3.29. The summed E-state index contributed by atoms with van der Waals surface area (Å²) in [6.07, 6.45) is 0.281. The highest BCUT2D eigenvalue weighted by Crippen LogP contribution is 2.32. The second-order valence-electron chi connectivity index (χ2n) is 7.55. The Balaban J connectivity index is 2.31. The third-order valence-electron chi connectivity index (χ3n) is 4.75. The summed E-state index contributed by atoms with van der Waals surface area (Å²) in [4.78, 5) is 35.8. The molecule has 0 aliphatic carbocycles. The fourth-order valence-corrected chi connectivity index (χ4v) is 3.29. The number of anilines is 2. The molecule has 0 heterocycles. The van der Waals surface area contributed by atoms with Crippen molar-refractivity contribution in [3.05, 3.63) is 59.7 Å². The fraction of sp³-hybridized carbons (Fsp3) is 0.348. The molecule has 2 amide bonds. The number of hydrogen-bond acceptors (Lipinski definition) is 4. The molecule has 2 aromatic rings. The molecule has 0 aliphatic heterocycles. The molecular weight excluding hydrogens is 368 g/mol. The molecule has 0 fully saturated rings. The van der Waals surface area contributed by atoms with Crippen LogP contribution in [0.1, 0.15) is 57.0 Å². The highest BCUT2D eigenvalue weighted by atomic mass is 16.5. The molecule has 0 saturated carbocycles. The van der Waals surface area contributed by atoms with Gasteiger partial charge in [-0.25, -0.2) is 4.79 Å². The van der Waals surface area contributed by atoms with Gasteiger partial charge >= 0.3 is 5.97 Å². The third kappa shape index (κ3) is 5.91. The molecule has 2 rings (SSSR count). The van der Waals surface area contributed by atoms with Gasteiger partial charge in [0.25, 0.3) is 0 Å². The van der Waals surface area contributed by atoms with Crippen molar-refractivity contribution in [1.82, 2.24) is 0 Å². The Morgan fingerprint density at radius 1 is 0.931 bits per heavy atom. The molecule has 0 spiro atoms. The van der Waals surface area contributed by atoms with E-state index in [0.717, 1.165) is 5.56 Å². The van der Waals surface area contributed by atoms with Crippen molar-refractivity contribution in [1.29, 1.82) is 0 Å². The van der Waals surface area contributed by atoms with Crippen LogP contribution in [0.5, 0.6) is 0 Å². The molecule has 154 valence electrons. The van der Waals surface area contributed by atoms with Crippen LogP contribution in [-0.2, 0) is 19.7 Å². The van der Waals surface area contributed by atoms with Gasteiger partial charge in [-0.15, -0.1) is 0 Å². The van der Waals surface area contributed by atoms with E-state index in [-0.39, 0.29) is 28.9 Å². The summed E-state index contributed by atoms with van der Waals surface area (Å²) in [5.74, 6) is -1.07.